The fraction of sp³-hybridized carbons (Fsp3) is 0.375. The van der Waals surface area contributed by atoms with Crippen molar-refractivity contribution in [1.29, 1.82) is 5.26 Å². The highest BCUT2D eigenvalue weighted by atomic mass is 16.2. The number of amides is 2. The molecule has 0 aliphatic carbocycles. The van der Waals surface area contributed by atoms with Crippen molar-refractivity contribution in [2.24, 2.45) is 4.99 Å². The largest absolute Gasteiger partial charge is 0.380 e. The molecule has 2 aliphatic heterocycles. The van der Waals surface area contributed by atoms with Crippen LogP contribution < -0.4 is 32.1 Å². The maximum Gasteiger partial charge on any atom is 0.253 e. The van der Waals surface area contributed by atoms with E-state index in [1.54, 1.807) is 36.9 Å². The molecule has 2 saturated heterocycles. The lowest BCUT2D eigenvalue weighted by Crippen LogP contribution is -2.48. The van der Waals surface area contributed by atoms with Gasteiger partial charge in [-0.25, -0.2) is 0 Å². The van der Waals surface area contributed by atoms with Gasteiger partial charge in [-0.1, -0.05) is 49.2 Å². The number of anilines is 4. The summed E-state index contributed by atoms with van der Waals surface area (Å²) >= 11 is 0. The smallest absolute Gasteiger partial charge is 0.253 e. The molecular formula is C48H58N12O4. The highest BCUT2D eigenvalue weighted by Crippen LogP contribution is 2.20. The van der Waals surface area contributed by atoms with Crippen LogP contribution in [0.1, 0.15) is 59.2 Å². The van der Waals surface area contributed by atoms with Crippen molar-refractivity contribution in [3.05, 3.63) is 141 Å². The molecule has 0 bridgehead atoms. The molecule has 2 aromatic heterocycles. The number of hydrogen-bond acceptors (Lipinski definition) is 12. The Morgan fingerprint density at radius 3 is 1.55 bits per heavy atom. The first-order chi connectivity index (χ1) is 31.4. The molecule has 16 nitrogen and oxygen atoms in total. The molecule has 3 aromatic carbocycles. The number of aliphatic imine (C=N–C) groups is 1. The van der Waals surface area contributed by atoms with Crippen LogP contribution in [0.15, 0.2) is 124 Å². The topological polar surface area (TPSA) is 191 Å². The second-order valence-corrected chi connectivity index (χ2v) is 15.7. The van der Waals surface area contributed by atoms with E-state index in [2.05, 4.69) is 46.0 Å². The predicted molar refractivity (Wildman–Crippen MR) is 252 cm³/mol. The van der Waals surface area contributed by atoms with Crippen molar-refractivity contribution >= 4 is 40.5 Å². The number of pyridine rings is 2. The molecule has 2 aliphatic rings. The van der Waals surface area contributed by atoms with Crippen molar-refractivity contribution in [3.63, 3.8) is 0 Å². The van der Waals surface area contributed by atoms with Crippen molar-refractivity contribution in [3.8, 4) is 6.19 Å². The molecule has 4 heterocycles. The standard InChI is InChI=1S/C25H29N5O3.C23H29N7O/c31-23-21(22(24(23)32)28-20-9-12-26-13-10-20)27-11-5-2-6-14-29-15-17-30(18-16-29)25(33)19-7-3-1-4-8-19;24-19-27-23(28-21-9-12-25-13-10-21)26-11-5-2-6-14-29-15-17-30(18-16-29)22(31)20-7-3-1-4-8-20/h1,3-4,7-10,12-13,27H,2,5-6,11,14-18H2,(H,26,28);1,3-4,7-10,12-13H,2,5-6,11,14-18H2,(H2,25,26,27,28). The maximum absolute atomic E-state index is 12.5. The molecule has 0 saturated carbocycles. The Morgan fingerprint density at radius 1 is 0.578 bits per heavy atom. The first-order valence-corrected chi connectivity index (χ1v) is 22.1. The van der Waals surface area contributed by atoms with E-state index >= 15 is 0 Å². The normalized spacial score (nSPS) is 14.5. The summed E-state index contributed by atoms with van der Waals surface area (Å²) in [5, 5.41) is 21.2. The highest BCUT2D eigenvalue weighted by Gasteiger charge is 2.24. The molecule has 4 N–H and O–H groups in total. The summed E-state index contributed by atoms with van der Waals surface area (Å²) in [6.07, 6.45) is 14.6. The highest BCUT2D eigenvalue weighted by molar-refractivity contribution is 5.95. The first kappa shape index (κ1) is 46.5. The van der Waals surface area contributed by atoms with E-state index in [0.717, 1.165) is 133 Å². The van der Waals surface area contributed by atoms with E-state index in [1.165, 1.54) is 0 Å². The molecule has 64 heavy (non-hydrogen) atoms. The number of nitrogens with one attached hydrogen (secondary N) is 4. The third kappa shape index (κ3) is 14.3. The fourth-order valence-corrected chi connectivity index (χ4v) is 7.56. The number of hydrogen-bond donors (Lipinski definition) is 4. The average molecular weight is 867 g/mol. The van der Waals surface area contributed by atoms with Gasteiger partial charge in [0.25, 0.3) is 22.7 Å². The zero-order valence-corrected chi connectivity index (χ0v) is 36.3. The molecule has 0 spiro atoms. The molecule has 7 rings (SSSR count). The van der Waals surface area contributed by atoms with E-state index in [9.17, 15) is 19.2 Å². The molecule has 16 heteroatoms. The van der Waals surface area contributed by atoms with E-state index in [-0.39, 0.29) is 11.8 Å². The monoisotopic (exact) mass is 866 g/mol. The lowest BCUT2D eigenvalue weighted by atomic mass is 10.1. The summed E-state index contributed by atoms with van der Waals surface area (Å²) < 4.78 is 0. The van der Waals surface area contributed by atoms with Crippen molar-refractivity contribution in [2.75, 3.05) is 94.5 Å². The van der Waals surface area contributed by atoms with Gasteiger partial charge in [0.05, 0.1) is 0 Å². The van der Waals surface area contributed by atoms with Crippen LogP contribution >= 0.6 is 0 Å². The van der Waals surface area contributed by atoms with Crippen LogP contribution in [-0.2, 0) is 0 Å². The number of guanidine groups is 1. The zero-order valence-electron chi connectivity index (χ0n) is 36.3. The van der Waals surface area contributed by atoms with Gasteiger partial charge >= 0.3 is 0 Å². The second-order valence-electron chi connectivity index (χ2n) is 15.7. The number of aromatic nitrogens is 2. The van der Waals surface area contributed by atoms with Gasteiger partial charge in [-0.2, -0.15) is 5.26 Å². The Labute approximate surface area is 374 Å². The Morgan fingerprint density at radius 2 is 1.05 bits per heavy atom. The van der Waals surface area contributed by atoms with Crippen LogP contribution in [0.3, 0.4) is 0 Å². The van der Waals surface area contributed by atoms with E-state index < -0.39 is 10.9 Å². The number of carbonyl (C=O) groups is 2. The first-order valence-electron chi connectivity index (χ1n) is 22.1. The van der Waals surface area contributed by atoms with Crippen molar-refractivity contribution in [2.45, 2.75) is 38.5 Å². The fourth-order valence-electron chi connectivity index (χ4n) is 7.56. The number of nitriles is 1. The molecule has 0 unspecified atom stereocenters. The van der Waals surface area contributed by atoms with Gasteiger partial charge in [-0.3, -0.25) is 38.9 Å². The van der Waals surface area contributed by atoms with Crippen LogP contribution in [-0.4, -0.2) is 126 Å². The number of benzene rings is 2. The lowest BCUT2D eigenvalue weighted by Gasteiger charge is -2.34. The Kier molecular flexibility index (Phi) is 18.3. The molecule has 2 amide bonds. The molecule has 334 valence electrons. The van der Waals surface area contributed by atoms with Crippen LogP contribution in [0.25, 0.3) is 0 Å². The summed E-state index contributed by atoms with van der Waals surface area (Å²) in [6.45, 7) is 10.1. The van der Waals surface area contributed by atoms with Crippen LogP contribution in [0, 0.1) is 11.5 Å². The van der Waals surface area contributed by atoms with Crippen LogP contribution in [0.4, 0.5) is 22.7 Å². The third-order valence-corrected chi connectivity index (χ3v) is 11.2. The number of rotatable bonds is 18. The average Bonchev–Trinajstić information content (AvgIpc) is 3.35. The summed E-state index contributed by atoms with van der Waals surface area (Å²) in [4.78, 5) is 69.2. The van der Waals surface area contributed by atoms with Gasteiger partial charge in [0.15, 0.2) is 0 Å². The van der Waals surface area contributed by atoms with Gasteiger partial charge in [-0.05, 0) is 87.3 Å². The molecule has 2 fully saturated rings. The minimum absolute atomic E-state index is 0.109. The molecule has 0 atom stereocenters. The van der Waals surface area contributed by atoms with E-state index in [0.29, 0.717) is 23.9 Å². The van der Waals surface area contributed by atoms with Gasteiger partial charge in [0, 0.05) is 113 Å². The van der Waals surface area contributed by atoms with Gasteiger partial charge in [-0.15, -0.1) is 4.99 Å². The van der Waals surface area contributed by atoms with Gasteiger partial charge in [0.1, 0.15) is 11.4 Å². The summed E-state index contributed by atoms with van der Waals surface area (Å²) in [5.74, 6) is 0.687. The summed E-state index contributed by atoms with van der Waals surface area (Å²) in [5.41, 5.74) is 2.83. The zero-order chi connectivity index (χ0) is 44.8. The Bertz CT molecular complexity index is 2320. The van der Waals surface area contributed by atoms with Gasteiger partial charge in [0.2, 0.25) is 12.2 Å². The van der Waals surface area contributed by atoms with E-state index in [4.69, 9.17) is 5.26 Å². The molecule has 5 aromatic rings. The van der Waals surface area contributed by atoms with Crippen molar-refractivity contribution in [1.82, 2.24) is 34.9 Å². The summed E-state index contributed by atoms with van der Waals surface area (Å²) in [7, 11) is 0. The lowest BCUT2D eigenvalue weighted by molar-refractivity contribution is 0.0629. The molecular weight excluding hydrogens is 809 g/mol. The SMILES string of the molecule is N#C/N=C(\NCCCCCN1CCN(C(=O)c2ccccc2)CC1)Nc1ccncc1.O=C(c1ccccc1)N1CCN(CCCCCNc2c(Nc3ccncc3)c(=O)c2=O)CC1. The number of nitrogens with zero attached hydrogens (tertiary/aromatic N) is 8. The van der Waals surface area contributed by atoms with E-state index in [1.807, 2.05) is 88.8 Å². The second kappa shape index (κ2) is 25.2. The number of piperazine rings is 2. The minimum Gasteiger partial charge on any atom is -0.380 e. The van der Waals surface area contributed by atoms with Crippen LogP contribution in [0.5, 0.6) is 0 Å². The number of carbonyl (C=O) groups excluding carboxylic acids is 2. The van der Waals surface area contributed by atoms with Crippen LogP contribution in [0.2, 0.25) is 0 Å². The Hall–Kier alpha value is -6.96. The maximum atomic E-state index is 12.5. The van der Waals surface area contributed by atoms with Crippen molar-refractivity contribution < 1.29 is 9.59 Å². The Balaban J connectivity index is 0.000000213. The minimum atomic E-state index is -0.487. The summed E-state index contributed by atoms with van der Waals surface area (Å²) in [6, 6.07) is 26.1. The van der Waals surface area contributed by atoms with Gasteiger partial charge < -0.3 is 31.1 Å². The number of unbranched alkanes of at least 4 members (excludes halogenated alkanes) is 4. The predicted octanol–water partition coefficient (Wildman–Crippen LogP) is 5.01. The quantitative estimate of drug-likeness (QED) is 0.0303. The molecule has 0 radical (unpaired) electrons. The third-order valence-electron chi connectivity index (χ3n) is 11.2.